The van der Waals surface area contributed by atoms with Gasteiger partial charge in [0.05, 0.1) is 27.2 Å². The van der Waals surface area contributed by atoms with Crippen LogP contribution in [0.25, 0.3) is 21.6 Å². The number of halogens is 2. The summed E-state index contributed by atoms with van der Waals surface area (Å²) in [5.41, 5.74) is 3.13. The fraction of sp³-hybridized carbons (Fsp3) is 0.389. The summed E-state index contributed by atoms with van der Waals surface area (Å²) >= 11 is 1.63. The molecule has 1 amide bonds. The van der Waals surface area contributed by atoms with Gasteiger partial charge in [0.1, 0.15) is 0 Å². The number of piperazine rings is 1. The monoisotopic (exact) mass is 427 g/mol. The van der Waals surface area contributed by atoms with E-state index in [1.165, 1.54) is 0 Å². The van der Waals surface area contributed by atoms with Gasteiger partial charge in [-0.15, -0.1) is 36.2 Å². The van der Waals surface area contributed by atoms with Gasteiger partial charge in [0.25, 0.3) is 5.91 Å². The lowest BCUT2D eigenvalue weighted by Crippen LogP contribution is -2.52. The Kier molecular flexibility index (Phi) is 6.86. The second-order valence-corrected chi connectivity index (χ2v) is 7.44. The van der Waals surface area contributed by atoms with E-state index in [1.807, 2.05) is 42.5 Å². The van der Waals surface area contributed by atoms with Gasteiger partial charge in [0.15, 0.2) is 5.65 Å². The van der Waals surface area contributed by atoms with Gasteiger partial charge in [-0.1, -0.05) is 6.07 Å². The summed E-state index contributed by atoms with van der Waals surface area (Å²) in [5.74, 6) is 0.0651. The quantitative estimate of drug-likeness (QED) is 0.681. The first-order valence-electron chi connectivity index (χ1n) is 8.46. The van der Waals surface area contributed by atoms with Gasteiger partial charge in [-0.3, -0.25) is 9.48 Å². The van der Waals surface area contributed by atoms with E-state index in [0.29, 0.717) is 5.56 Å². The number of fused-ring (bicyclic) bond motifs is 1. The van der Waals surface area contributed by atoms with Crippen molar-refractivity contribution in [1.29, 1.82) is 0 Å². The maximum atomic E-state index is 13.3. The molecule has 0 radical (unpaired) electrons. The zero-order valence-electron chi connectivity index (χ0n) is 15.4. The van der Waals surface area contributed by atoms with Crippen molar-refractivity contribution in [2.45, 2.75) is 19.9 Å². The van der Waals surface area contributed by atoms with E-state index >= 15 is 0 Å². The van der Waals surface area contributed by atoms with Crippen molar-refractivity contribution in [1.82, 2.24) is 25.0 Å². The van der Waals surface area contributed by atoms with Crippen molar-refractivity contribution >= 4 is 53.1 Å². The highest BCUT2D eigenvalue weighted by molar-refractivity contribution is 7.13. The molecule has 9 heteroatoms. The molecule has 1 saturated heterocycles. The lowest BCUT2D eigenvalue weighted by atomic mass is 10.1. The number of pyridine rings is 1. The molecule has 1 aliphatic heterocycles. The Morgan fingerprint density at radius 2 is 2.15 bits per heavy atom. The lowest BCUT2D eigenvalue weighted by molar-refractivity contribution is 0.0657. The molecule has 0 aliphatic carbocycles. The molecule has 3 aromatic heterocycles. The number of rotatable bonds is 2. The predicted octanol–water partition coefficient (Wildman–Crippen LogP) is 3.28. The fourth-order valence-electron chi connectivity index (χ4n) is 3.46. The Hall–Kier alpha value is -1.67. The van der Waals surface area contributed by atoms with Crippen LogP contribution < -0.4 is 5.32 Å². The number of aryl methyl sites for hydroxylation is 2. The molecule has 146 valence electrons. The Labute approximate surface area is 174 Å². The molecule has 4 rings (SSSR count). The van der Waals surface area contributed by atoms with Crippen LogP contribution in [-0.4, -0.2) is 51.2 Å². The Morgan fingerprint density at radius 3 is 2.81 bits per heavy atom. The number of thiophene rings is 1. The number of carbonyl (C=O) groups excluding carboxylic acids is 1. The van der Waals surface area contributed by atoms with E-state index in [1.54, 1.807) is 16.0 Å². The Bertz CT molecular complexity index is 941. The van der Waals surface area contributed by atoms with Gasteiger partial charge in [-0.2, -0.15) is 5.10 Å². The molecule has 0 saturated carbocycles. The van der Waals surface area contributed by atoms with Crippen molar-refractivity contribution in [3.63, 3.8) is 0 Å². The zero-order valence-corrected chi connectivity index (χ0v) is 17.9. The van der Waals surface area contributed by atoms with E-state index in [0.717, 1.165) is 46.9 Å². The first-order valence-corrected chi connectivity index (χ1v) is 9.34. The van der Waals surface area contributed by atoms with Crippen molar-refractivity contribution in [3.05, 3.63) is 34.8 Å². The first-order chi connectivity index (χ1) is 12.1. The fourth-order valence-corrected chi connectivity index (χ4v) is 4.15. The molecule has 1 aliphatic rings. The minimum atomic E-state index is 0. The summed E-state index contributed by atoms with van der Waals surface area (Å²) in [6.45, 7) is 6.39. The molecule has 0 aromatic carbocycles. The molecule has 1 N–H and O–H groups in total. The van der Waals surface area contributed by atoms with E-state index in [4.69, 9.17) is 4.98 Å². The highest BCUT2D eigenvalue weighted by Crippen LogP contribution is 2.30. The molecule has 3 aromatic rings. The van der Waals surface area contributed by atoms with E-state index in [-0.39, 0.29) is 36.8 Å². The molecule has 1 fully saturated rings. The van der Waals surface area contributed by atoms with E-state index < -0.39 is 0 Å². The maximum Gasteiger partial charge on any atom is 0.255 e. The number of nitrogens with zero attached hydrogens (tertiary/aromatic N) is 4. The normalized spacial score (nSPS) is 16.7. The predicted molar refractivity (Wildman–Crippen MR) is 114 cm³/mol. The van der Waals surface area contributed by atoms with Gasteiger partial charge >= 0.3 is 0 Å². The van der Waals surface area contributed by atoms with Crippen LogP contribution in [0.15, 0.2) is 23.6 Å². The highest BCUT2D eigenvalue weighted by atomic mass is 35.5. The average Bonchev–Trinajstić information content (AvgIpc) is 3.23. The number of amides is 1. The third kappa shape index (κ3) is 3.82. The van der Waals surface area contributed by atoms with Crippen LogP contribution in [0.3, 0.4) is 0 Å². The molecule has 27 heavy (non-hydrogen) atoms. The smallest absolute Gasteiger partial charge is 0.255 e. The molecular formula is C18H23Cl2N5OS. The van der Waals surface area contributed by atoms with Crippen LogP contribution >= 0.6 is 36.2 Å². The number of carbonyl (C=O) groups is 1. The maximum absolute atomic E-state index is 13.3. The standard InChI is InChI=1S/C18H21N5OS.2ClH/c1-11-10-19-6-7-23(11)18(24)13-9-14(15-5-4-8-25-15)20-17-16(13)12(2)21-22(17)3;;/h4-5,8-9,11,19H,6-7,10H2,1-3H3;2*1H/t11-;;/m0../s1. The van der Waals surface area contributed by atoms with Crippen LogP contribution in [0.1, 0.15) is 23.0 Å². The molecule has 0 bridgehead atoms. The van der Waals surface area contributed by atoms with Crippen LogP contribution in [0.2, 0.25) is 0 Å². The molecular weight excluding hydrogens is 405 g/mol. The van der Waals surface area contributed by atoms with Gasteiger partial charge in [-0.25, -0.2) is 4.98 Å². The summed E-state index contributed by atoms with van der Waals surface area (Å²) < 4.78 is 1.76. The average molecular weight is 428 g/mol. The Morgan fingerprint density at radius 1 is 1.37 bits per heavy atom. The van der Waals surface area contributed by atoms with Crippen LogP contribution in [-0.2, 0) is 7.05 Å². The van der Waals surface area contributed by atoms with Gasteiger partial charge in [0, 0.05) is 32.7 Å². The third-order valence-corrected chi connectivity index (χ3v) is 5.63. The van der Waals surface area contributed by atoms with Gasteiger partial charge in [0.2, 0.25) is 0 Å². The second-order valence-electron chi connectivity index (χ2n) is 6.49. The molecule has 4 heterocycles. The second kappa shape index (κ2) is 8.56. The van der Waals surface area contributed by atoms with Crippen molar-refractivity contribution in [2.75, 3.05) is 19.6 Å². The van der Waals surface area contributed by atoms with E-state index in [9.17, 15) is 4.79 Å². The van der Waals surface area contributed by atoms with E-state index in [2.05, 4.69) is 17.3 Å². The summed E-state index contributed by atoms with van der Waals surface area (Å²) in [6, 6.07) is 6.14. The minimum absolute atomic E-state index is 0. The Balaban J connectivity index is 0.00000131. The topological polar surface area (TPSA) is 63.1 Å². The number of aromatic nitrogens is 3. The highest BCUT2D eigenvalue weighted by Gasteiger charge is 2.27. The SMILES string of the molecule is Cc1nn(C)c2nc(-c3cccs3)cc(C(=O)N3CCNC[C@@H]3C)c12.Cl.Cl. The van der Waals surface area contributed by atoms with Crippen molar-refractivity contribution < 1.29 is 4.79 Å². The van der Waals surface area contributed by atoms with Gasteiger partial charge < -0.3 is 10.2 Å². The molecule has 6 nitrogen and oxygen atoms in total. The zero-order chi connectivity index (χ0) is 17.6. The van der Waals surface area contributed by atoms with Crippen LogP contribution in [0, 0.1) is 6.92 Å². The summed E-state index contributed by atoms with van der Waals surface area (Å²) in [7, 11) is 1.88. The summed E-state index contributed by atoms with van der Waals surface area (Å²) in [6.07, 6.45) is 0. The lowest BCUT2D eigenvalue weighted by Gasteiger charge is -2.34. The third-order valence-electron chi connectivity index (χ3n) is 4.73. The largest absolute Gasteiger partial charge is 0.333 e. The minimum Gasteiger partial charge on any atom is -0.333 e. The molecule has 0 unspecified atom stereocenters. The number of nitrogens with one attached hydrogen (secondary N) is 1. The van der Waals surface area contributed by atoms with Gasteiger partial charge in [-0.05, 0) is 31.4 Å². The number of hydrogen-bond acceptors (Lipinski definition) is 5. The molecule has 1 atom stereocenters. The number of hydrogen-bond donors (Lipinski definition) is 1. The first kappa shape index (κ1) is 21.6. The molecule has 0 spiro atoms. The summed E-state index contributed by atoms with van der Waals surface area (Å²) in [5, 5.41) is 10.7. The van der Waals surface area contributed by atoms with Crippen molar-refractivity contribution in [2.24, 2.45) is 7.05 Å². The summed E-state index contributed by atoms with van der Waals surface area (Å²) in [4.78, 5) is 21.1. The van der Waals surface area contributed by atoms with Crippen LogP contribution in [0.5, 0.6) is 0 Å². The van der Waals surface area contributed by atoms with Crippen molar-refractivity contribution in [3.8, 4) is 10.6 Å². The van der Waals surface area contributed by atoms with Crippen LogP contribution in [0.4, 0.5) is 0 Å².